The molecule has 7 heteroatoms. The fourth-order valence-electron chi connectivity index (χ4n) is 3.26. The lowest BCUT2D eigenvalue weighted by Crippen LogP contribution is -1.93. The van der Waals surface area contributed by atoms with Gasteiger partial charge in [0.1, 0.15) is 15.8 Å². The summed E-state index contributed by atoms with van der Waals surface area (Å²) in [7, 11) is 0. The Bertz CT molecular complexity index is 1270. The van der Waals surface area contributed by atoms with Crippen LogP contribution in [0.15, 0.2) is 58.4 Å². The summed E-state index contributed by atoms with van der Waals surface area (Å²) in [5.41, 5.74) is 8.98. The Morgan fingerprint density at radius 3 is 2.83 bits per heavy atom. The Labute approximate surface area is 181 Å². The maximum Gasteiger partial charge on any atom is 0.149 e. The lowest BCUT2D eigenvalue weighted by molar-refractivity contribution is 0.647. The van der Waals surface area contributed by atoms with E-state index in [1.807, 2.05) is 31.2 Å². The van der Waals surface area contributed by atoms with Crippen LogP contribution in [-0.2, 0) is 0 Å². The van der Waals surface area contributed by atoms with Crippen molar-refractivity contribution >= 4 is 66.9 Å². The Kier molecular flexibility index (Phi) is 4.89. The smallest absolute Gasteiger partial charge is 0.149 e. The van der Waals surface area contributed by atoms with Crippen LogP contribution < -0.4 is 9.92 Å². The first-order chi connectivity index (χ1) is 14.1. The molecule has 29 heavy (non-hydrogen) atoms. The van der Waals surface area contributed by atoms with E-state index in [2.05, 4.69) is 31.2 Å². The molecule has 4 aromatic rings. The van der Waals surface area contributed by atoms with Gasteiger partial charge >= 0.3 is 0 Å². The number of nitrogens with zero attached hydrogens (tertiary/aromatic N) is 2. The van der Waals surface area contributed by atoms with E-state index in [1.54, 1.807) is 23.1 Å². The van der Waals surface area contributed by atoms with Crippen LogP contribution in [-0.4, -0.2) is 21.8 Å². The molecule has 5 rings (SSSR count). The van der Waals surface area contributed by atoms with Crippen molar-refractivity contribution in [2.75, 3.05) is 11.5 Å². The van der Waals surface area contributed by atoms with Gasteiger partial charge in [0.05, 0.1) is 33.2 Å². The lowest BCUT2D eigenvalue weighted by Gasteiger charge is -2.08. The summed E-state index contributed by atoms with van der Waals surface area (Å²) in [5, 5.41) is 4.42. The third-order valence-corrected chi connectivity index (χ3v) is 8.01. The predicted molar refractivity (Wildman–Crippen MR) is 128 cm³/mol. The zero-order valence-corrected chi connectivity index (χ0v) is 18.5. The summed E-state index contributed by atoms with van der Waals surface area (Å²) < 4.78 is 7.13. The summed E-state index contributed by atoms with van der Waals surface area (Å²) in [6.45, 7) is 4.17. The number of rotatable bonds is 4. The Hall–Kier alpha value is -2.22. The number of anilines is 1. The summed E-state index contributed by atoms with van der Waals surface area (Å²) in [5.74, 6) is 1.84. The molecule has 2 N–H and O–H groups in total. The molecule has 4 nitrogen and oxygen atoms in total. The highest BCUT2D eigenvalue weighted by molar-refractivity contribution is 8.15. The summed E-state index contributed by atoms with van der Waals surface area (Å²) >= 11 is 4.81. The topological polar surface area (TPSA) is 60.5 Å². The second-order valence-corrected chi connectivity index (χ2v) is 9.90. The van der Waals surface area contributed by atoms with Gasteiger partial charge in [0.2, 0.25) is 0 Å². The minimum absolute atomic E-state index is 0.374. The number of aliphatic imine (C=N–C) groups is 1. The highest BCUT2D eigenvalue weighted by Crippen LogP contribution is 2.36. The third kappa shape index (κ3) is 3.70. The molecule has 2 heterocycles. The molecule has 0 radical (unpaired) electrons. The van der Waals surface area contributed by atoms with E-state index in [9.17, 15) is 0 Å². The van der Waals surface area contributed by atoms with Crippen molar-refractivity contribution in [3.05, 3.63) is 59.1 Å². The molecule has 1 aliphatic rings. The molecular weight excluding hydrogens is 418 g/mol. The van der Waals surface area contributed by atoms with Crippen LogP contribution in [0, 0.1) is 6.92 Å². The van der Waals surface area contributed by atoms with Gasteiger partial charge in [-0.2, -0.15) is 0 Å². The quantitative estimate of drug-likeness (QED) is 0.299. The lowest BCUT2D eigenvalue weighted by atomic mass is 10.1. The average molecular weight is 438 g/mol. The number of hydrogen-bond acceptors (Lipinski definition) is 7. The van der Waals surface area contributed by atoms with Crippen molar-refractivity contribution < 1.29 is 4.18 Å². The minimum Gasteiger partial charge on any atom is -0.421 e. The number of nitrogen functional groups attached to an aromatic ring is 1. The standard InChI is InChI=1S/C22H19N3OS3/c1-12-3-8-19(17(23)9-12)29-26-15-5-6-16-14(10-15)4-7-18-20(16)28-22(25-18)21-24-13(2)11-27-21/h3-10,13H,11,23H2,1-2H3. The van der Waals surface area contributed by atoms with E-state index in [-0.39, 0.29) is 0 Å². The van der Waals surface area contributed by atoms with E-state index in [0.717, 1.165) is 48.6 Å². The molecule has 1 atom stereocenters. The second-order valence-electron chi connectivity index (χ2n) is 7.12. The highest BCUT2D eigenvalue weighted by atomic mass is 32.2. The van der Waals surface area contributed by atoms with Gasteiger partial charge in [0.15, 0.2) is 0 Å². The van der Waals surface area contributed by atoms with Crippen molar-refractivity contribution in [1.82, 2.24) is 4.98 Å². The molecule has 0 saturated carbocycles. The molecule has 0 aliphatic carbocycles. The van der Waals surface area contributed by atoms with Gasteiger partial charge in [0, 0.05) is 16.8 Å². The molecule has 0 saturated heterocycles. The van der Waals surface area contributed by atoms with E-state index in [0.29, 0.717) is 6.04 Å². The van der Waals surface area contributed by atoms with Crippen LogP contribution in [0.4, 0.5) is 5.69 Å². The van der Waals surface area contributed by atoms with Crippen LogP contribution in [0.3, 0.4) is 0 Å². The number of benzene rings is 3. The van der Waals surface area contributed by atoms with Crippen LogP contribution in [0.5, 0.6) is 5.75 Å². The fourth-order valence-corrected chi connectivity index (χ4v) is 6.02. The van der Waals surface area contributed by atoms with Gasteiger partial charge in [-0.25, -0.2) is 4.98 Å². The number of aromatic nitrogens is 1. The molecule has 146 valence electrons. The normalized spacial score (nSPS) is 16.5. The summed E-state index contributed by atoms with van der Waals surface area (Å²) in [6, 6.07) is 16.7. The van der Waals surface area contributed by atoms with Gasteiger partial charge in [0.25, 0.3) is 0 Å². The van der Waals surface area contributed by atoms with Gasteiger partial charge < -0.3 is 9.92 Å². The third-order valence-electron chi connectivity index (χ3n) is 4.72. The average Bonchev–Trinajstić information content (AvgIpc) is 3.33. The van der Waals surface area contributed by atoms with Crippen molar-refractivity contribution in [2.24, 2.45) is 4.99 Å². The maximum absolute atomic E-state index is 6.08. The first kappa shape index (κ1) is 18.8. The molecule has 0 bridgehead atoms. The monoisotopic (exact) mass is 437 g/mol. The first-order valence-electron chi connectivity index (χ1n) is 9.32. The Morgan fingerprint density at radius 1 is 1.14 bits per heavy atom. The molecule has 0 amide bonds. The zero-order chi connectivity index (χ0) is 20.0. The van der Waals surface area contributed by atoms with E-state index < -0.39 is 0 Å². The molecule has 1 aromatic heterocycles. The summed E-state index contributed by atoms with van der Waals surface area (Å²) in [4.78, 5) is 10.4. The maximum atomic E-state index is 6.08. The van der Waals surface area contributed by atoms with Gasteiger partial charge in [-0.1, -0.05) is 12.1 Å². The van der Waals surface area contributed by atoms with Gasteiger partial charge in [-0.05, 0) is 61.2 Å². The van der Waals surface area contributed by atoms with Crippen molar-refractivity contribution in [1.29, 1.82) is 0 Å². The fraction of sp³-hybridized carbons (Fsp3) is 0.182. The first-order valence-corrected chi connectivity index (χ1v) is 11.9. The number of nitrogens with two attached hydrogens (primary N) is 1. The van der Waals surface area contributed by atoms with Crippen LogP contribution in [0.2, 0.25) is 0 Å². The Morgan fingerprint density at radius 2 is 2.03 bits per heavy atom. The molecule has 3 aromatic carbocycles. The van der Waals surface area contributed by atoms with Crippen LogP contribution in [0.25, 0.3) is 21.0 Å². The van der Waals surface area contributed by atoms with E-state index in [1.165, 1.54) is 22.1 Å². The van der Waals surface area contributed by atoms with Crippen molar-refractivity contribution in [2.45, 2.75) is 24.8 Å². The molecule has 0 fully saturated rings. The molecule has 0 spiro atoms. The van der Waals surface area contributed by atoms with Crippen molar-refractivity contribution in [3.8, 4) is 5.75 Å². The van der Waals surface area contributed by atoms with Crippen LogP contribution in [0.1, 0.15) is 17.5 Å². The molecule has 1 aliphatic heterocycles. The molecular formula is C22H19N3OS3. The Balaban J connectivity index is 1.44. The van der Waals surface area contributed by atoms with E-state index >= 15 is 0 Å². The largest absolute Gasteiger partial charge is 0.421 e. The molecule has 1 unspecified atom stereocenters. The number of thiazole rings is 1. The number of fused-ring (bicyclic) bond motifs is 3. The predicted octanol–water partition coefficient (Wildman–Crippen LogP) is 6.31. The SMILES string of the molecule is Cc1ccc(SOc2ccc3c(ccc4nc(C5=NC(C)CS5)sc43)c2)c(N)c1. The second kappa shape index (κ2) is 7.55. The van der Waals surface area contributed by atoms with Gasteiger partial charge in [-0.3, -0.25) is 4.99 Å². The number of aryl methyl sites for hydroxylation is 1. The van der Waals surface area contributed by atoms with E-state index in [4.69, 9.17) is 19.9 Å². The highest BCUT2D eigenvalue weighted by Gasteiger charge is 2.19. The minimum atomic E-state index is 0.374. The number of thioether (sulfide) groups is 1. The number of hydrogen-bond donors (Lipinski definition) is 1. The zero-order valence-electron chi connectivity index (χ0n) is 16.0. The van der Waals surface area contributed by atoms with Gasteiger partial charge in [-0.15, -0.1) is 23.1 Å². The van der Waals surface area contributed by atoms with Crippen molar-refractivity contribution in [3.63, 3.8) is 0 Å². The summed E-state index contributed by atoms with van der Waals surface area (Å²) in [6.07, 6.45) is 0. The van der Waals surface area contributed by atoms with Crippen LogP contribution >= 0.6 is 35.1 Å².